The Hall–Kier alpha value is -1.12. The molecule has 3 nitrogen and oxygen atoms in total. The van der Waals surface area contributed by atoms with Gasteiger partial charge in [-0.05, 0) is 19.3 Å². The zero-order chi connectivity index (χ0) is 15.3. The zero-order valence-electron chi connectivity index (χ0n) is 13.4. The number of allylic oxidation sites excluding steroid dienone is 2. The maximum Gasteiger partial charge on any atom is 0.317 e. The summed E-state index contributed by atoms with van der Waals surface area (Å²) in [6, 6.07) is 0. The molecule has 0 aromatic rings. The maximum atomic E-state index is 11.2. The van der Waals surface area contributed by atoms with Crippen LogP contribution in [0.1, 0.15) is 84.0 Å². The lowest BCUT2D eigenvalue weighted by molar-refractivity contribution is -0.153. The number of ether oxygens (including phenoxy) is 1. The highest BCUT2D eigenvalue weighted by Crippen LogP contribution is 2.20. The van der Waals surface area contributed by atoms with Gasteiger partial charge < -0.3 is 4.74 Å². The van der Waals surface area contributed by atoms with E-state index in [1.165, 1.54) is 57.8 Å². The lowest BCUT2D eigenvalue weighted by Crippen LogP contribution is -2.05. The predicted octanol–water partition coefficient (Wildman–Crippen LogP) is 4.94. The van der Waals surface area contributed by atoms with E-state index < -0.39 is 0 Å². The summed E-state index contributed by atoms with van der Waals surface area (Å²) in [5, 5.41) is 0. The second-order valence-corrected chi connectivity index (χ2v) is 6.02. The van der Waals surface area contributed by atoms with Crippen LogP contribution < -0.4 is 0 Å². The van der Waals surface area contributed by atoms with Gasteiger partial charge in [0.25, 0.3) is 0 Å². The van der Waals surface area contributed by atoms with Gasteiger partial charge in [-0.2, -0.15) is 0 Å². The van der Waals surface area contributed by atoms with Crippen molar-refractivity contribution in [2.24, 2.45) is 5.92 Å². The fourth-order valence-electron chi connectivity index (χ4n) is 2.65. The fourth-order valence-corrected chi connectivity index (χ4v) is 2.65. The summed E-state index contributed by atoms with van der Waals surface area (Å²) in [6.07, 6.45) is 18.2. The van der Waals surface area contributed by atoms with E-state index in [2.05, 4.69) is 17.7 Å². The van der Waals surface area contributed by atoms with E-state index in [0.717, 1.165) is 6.42 Å². The standard InChI is InChI=1S/C18H30O3/c1-2-3-4-5-6-7-8-9-10-11-12-13-14-16-15-17(19)21-18(16)20/h12-13,16H,2-11,14-15H2,1H3/b13-12+/t16-/m0/s1. The largest absolute Gasteiger partial charge is 0.393 e. The molecule has 0 radical (unpaired) electrons. The number of rotatable bonds is 12. The van der Waals surface area contributed by atoms with E-state index in [4.69, 9.17) is 0 Å². The molecular formula is C18H30O3. The van der Waals surface area contributed by atoms with Gasteiger partial charge in [-0.25, -0.2) is 0 Å². The molecule has 1 saturated heterocycles. The lowest BCUT2D eigenvalue weighted by atomic mass is 10.0. The molecule has 0 bridgehead atoms. The van der Waals surface area contributed by atoms with E-state index >= 15 is 0 Å². The normalized spacial score (nSPS) is 18.6. The first-order valence-electron chi connectivity index (χ1n) is 8.63. The molecule has 21 heavy (non-hydrogen) atoms. The summed E-state index contributed by atoms with van der Waals surface area (Å²) in [5.41, 5.74) is 0. The van der Waals surface area contributed by atoms with Gasteiger partial charge in [0.2, 0.25) is 0 Å². The molecule has 1 aliphatic rings. The minimum absolute atomic E-state index is 0.239. The molecular weight excluding hydrogens is 264 g/mol. The van der Waals surface area contributed by atoms with Gasteiger partial charge in [-0.3, -0.25) is 9.59 Å². The second kappa shape index (κ2) is 11.5. The van der Waals surface area contributed by atoms with Crippen molar-refractivity contribution in [1.29, 1.82) is 0 Å². The van der Waals surface area contributed by atoms with E-state index in [0.29, 0.717) is 6.42 Å². The Bertz CT molecular complexity index is 333. The summed E-state index contributed by atoms with van der Waals surface area (Å²) in [7, 11) is 0. The van der Waals surface area contributed by atoms with Gasteiger partial charge in [0.1, 0.15) is 0 Å². The summed E-state index contributed by atoms with van der Waals surface area (Å²) in [4.78, 5) is 22.2. The number of cyclic esters (lactones) is 2. The smallest absolute Gasteiger partial charge is 0.317 e. The highest BCUT2D eigenvalue weighted by molar-refractivity contribution is 5.94. The number of carbonyl (C=O) groups excluding carboxylic acids is 2. The summed E-state index contributed by atoms with van der Waals surface area (Å²) in [6.45, 7) is 2.25. The molecule has 1 aliphatic heterocycles. The third-order valence-corrected chi connectivity index (χ3v) is 4.02. The lowest BCUT2D eigenvalue weighted by Gasteiger charge is -2.01. The van der Waals surface area contributed by atoms with Crippen molar-refractivity contribution >= 4 is 11.9 Å². The first-order chi connectivity index (χ1) is 10.2. The van der Waals surface area contributed by atoms with Gasteiger partial charge in [0, 0.05) is 0 Å². The fraction of sp³-hybridized carbons (Fsp3) is 0.778. The van der Waals surface area contributed by atoms with Gasteiger partial charge in [0.15, 0.2) is 0 Å². The van der Waals surface area contributed by atoms with Crippen LogP contribution in [0.5, 0.6) is 0 Å². The van der Waals surface area contributed by atoms with Crippen LogP contribution in [-0.4, -0.2) is 11.9 Å². The Morgan fingerprint density at radius 3 is 2.14 bits per heavy atom. The number of carbonyl (C=O) groups is 2. The molecule has 0 spiro atoms. The van der Waals surface area contributed by atoms with Crippen molar-refractivity contribution in [1.82, 2.24) is 0 Å². The molecule has 3 heteroatoms. The monoisotopic (exact) mass is 294 g/mol. The van der Waals surface area contributed by atoms with Crippen LogP contribution in [0.15, 0.2) is 12.2 Å². The molecule has 0 saturated carbocycles. The summed E-state index contributed by atoms with van der Waals surface area (Å²) in [5.74, 6) is -0.970. The van der Waals surface area contributed by atoms with Crippen LogP contribution in [0.25, 0.3) is 0 Å². The van der Waals surface area contributed by atoms with Crippen molar-refractivity contribution in [2.45, 2.75) is 84.0 Å². The van der Waals surface area contributed by atoms with E-state index in [-0.39, 0.29) is 24.3 Å². The predicted molar refractivity (Wildman–Crippen MR) is 84.8 cm³/mol. The van der Waals surface area contributed by atoms with E-state index in [9.17, 15) is 9.59 Å². The zero-order valence-corrected chi connectivity index (χ0v) is 13.4. The minimum Gasteiger partial charge on any atom is -0.393 e. The van der Waals surface area contributed by atoms with E-state index in [1.807, 2.05) is 6.08 Å². The highest BCUT2D eigenvalue weighted by atomic mass is 16.6. The minimum atomic E-state index is -0.377. The van der Waals surface area contributed by atoms with Crippen LogP contribution in [0.2, 0.25) is 0 Å². The Morgan fingerprint density at radius 2 is 1.57 bits per heavy atom. The van der Waals surface area contributed by atoms with Crippen LogP contribution in [0, 0.1) is 5.92 Å². The third kappa shape index (κ3) is 8.69. The summed E-state index contributed by atoms with van der Waals surface area (Å²) < 4.78 is 4.52. The van der Waals surface area contributed by atoms with E-state index in [1.54, 1.807) is 0 Å². The Kier molecular flexibility index (Phi) is 9.84. The molecule has 1 heterocycles. The number of hydrogen-bond donors (Lipinski definition) is 0. The maximum absolute atomic E-state index is 11.2. The number of esters is 2. The van der Waals surface area contributed by atoms with Gasteiger partial charge in [0.05, 0.1) is 12.3 Å². The molecule has 0 aliphatic carbocycles. The summed E-state index contributed by atoms with van der Waals surface area (Å²) >= 11 is 0. The first kappa shape index (κ1) is 17.9. The topological polar surface area (TPSA) is 43.4 Å². The van der Waals surface area contributed by atoms with Crippen molar-refractivity contribution in [3.63, 3.8) is 0 Å². The Labute approximate surface area is 129 Å². The van der Waals surface area contributed by atoms with Crippen molar-refractivity contribution in [3.05, 3.63) is 12.2 Å². The Balaban J connectivity index is 1.87. The molecule has 1 atom stereocenters. The molecule has 120 valence electrons. The number of hydrogen-bond acceptors (Lipinski definition) is 3. The average Bonchev–Trinajstić information content (AvgIpc) is 2.78. The Morgan fingerprint density at radius 1 is 0.952 bits per heavy atom. The second-order valence-electron chi connectivity index (χ2n) is 6.02. The highest BCUT2D eigenvalue weighted by Gasteiger charge is 2.31. The molecule has 1 fully saturated rings. The van der Waals surface area contributed by atoms with Crippen LogP contribution in [0.3, 0.4) is 0 Å². The average molecular weight is 294 g/mol. The number of unbranched alkanes of at least 4 members (excludes halogenated alkanes) is 9. The van der Waals surface area contributed by atoms with Gasteiger partial charge in [-0.15, -0.1) is 0 Å². The van der Waals surface area contributed by atoms with Gasteiger partial charge >= 0.3 is 11.9 Å². The molecule has 0 N–H and O–H groups in total. The molecule has 0 aromatic carbocycles. The van der Waals surface area contributed by atoms with Crippen molar-refractivity contribution < 1.29 is 14.3 Å². The van der Waals surface area contributed by atoms with Gasteiger partial charge in [-0.1, -0.05) is 70.4 Å². The van der Waals surface area contributed by atoms with Crippen molar-refractivity contribution in [2.75, 3.05) is 0 Å². The molecule has 1 rings (SSSR count). The molecule has 0 amide bonds. The first-order valence-corrected chi connectivity index (χ1v) is 8.63. The van der Waals surface area contributed by atoms with Crippen LogP contribution in [0.4, 0.5) is 0 Å². The quantitative estimate of drug-likeness (QED) is 0.221. The molecule has 0 aromatic heterocycles. The van der Waals surface area contributed by atoms with Crippen LogP contribution in [-0.2, 0) is 14.3 Å². The third-order valence-electron chi connectivity index (χ3n) is 4.02. The van der Waals surface area contributed by atoms with Crippen molar-refractivity contribution in [3.8, 4) is 0 Å². The SMILES string of the molecule is CCCCCCCCCCC/C=C/C[C@H]1CC(=O)OC1=O. The van der Waals surface area contributed by atoms with Crippen LogP contribution >= 0.6 is 0 Å². The molecule has 0 unspecified atom stereocenters.